The summed E-state index contributed by atoms with van der Waals surface area (Å²) < 4.78 is 13.1. The fraction of sp³-hybridized carbons (Fsp3) is 0.143. The minimum atomic E-state index is 0.107. The highest BCUT2D eigenvalue weighted by Crippen LogP contribution is 2.48. The summed E-state index contributed by atoms with van der Waals surface area (Å²) in [5.74, 6) is 3.78. The molecule has 0 radical (unpaired) electrons. The zero-order valence-electron chi connectivity index (χ0n) is 18.6. The molecule has 0 aromatic heterocycles. The molecule has 3 heterocycles. The van der Waals surface area contributed by atoms with Crippen LogP contribution in [0.2, 0.25) is 0 Å². The number of para-hydroxylation sites is 1. The lowest BCUT2D eigenvalue weighted by Gasteiger charge is -2.45. The first-order chi connectivity index (χ1) is 15.5. The first-order valence-corrected chi connectivity index (χ1v) is 11.2. The SMILES string of the molecule is Cc1cc(C)c2c3c1Oc1cccc4c1B3c1c(c(C)cc(C)c1N2c1ccccc1)O4. The van der Waals surface area contributed by atoms with Crippen molar-refractivity contribution in [2.24, 2.45) is 0 Å². The van der Waals surface area contributed by atoms with Crippen molar-refractivity contribution in [1.29, 1.82) is 0 Å². The molecule has 0 bridgehead atoms. The zero-order valence-corrected chi connectivity index (χ0v) is 18.6. The molecular weight excluding hydrogens is 393 g/mol. The van der Waals surface area contributed by atoms with Crippen molar-refractivity contribution in [2.45, 2.75) is 27.7 Å². The Hall–Kier alpha value is -3.66. The lowest BCUT2D eigenvalue weighted by molar-refractivity contribution is 0.460. The molecule has 0 amide bonds. The summed E-state index contributed by atoms with van der Waals surface area (Å²) in [5, 5.41) is 0. The number of aryl methyl sites for hydroxylation is 4. The third kappa shape index (κ3) is 2.07. The predicted molar refractivity (Wildman–Crippen MR) is 131 cm³/mol. The van der Waals surface area contributed by atoms with Gasteiger partial charge in [-0.25, -0.2) is 0 Å². The van der Waals surface area contributed by atoms with Crippen molar-refractivity contribution in [3.05, 3.63) is 82.9 Å². The second kappa shape index (κ2) is 5.98. The first kappa shape index (κ1) is 18.0. The normalized spacial score (nSPS) is 14.0. The van der Waals surface area contributed by atoms with Crippen molar-refractivity contribution >= 4 is 40.2 Å². The Kier molecular flexibility index (Phi) is 3.36. The summed E-state index contributed by atoms with van der Waals surface area (Å²) in [6, 6.07) is 21.3. The van der Waals surface area contributed by atoms with E-state index in [1.54, 1.807) is 0 Å². The molecule has 7 rings (SSSR count). The van der Waals surface area contributed by atoms with Gasteiger partial charge in [0, 0.05) is 22.5 Å². The highest BCUT2D eigenvalue weighted by Gasteiger charge is 2.49. The van der Waals surface area contributed by atoms with Crippen LogP contribution >= 0.6 is 0 Å². The molecule has 32 heavy (non-hydrogen) atoms. The van der Waals surface area contributed by atoms with Crippen LogP contribution in [0.3, 0.4) is 0 Å². The van der Waals surface area contributed by atoms with Crippen molar-refractivity contribution in [2.75, 3.05) is 4.90 Å². The van der Waals surface area contributed by atoms with Crippen molar-refractivity contribution in [3.8, 4) is 23.0 Å². The van der Waals surface area contributed by atoms with Gasteiger partial charge < -0.3 is 14.4 Å². The number of hydrogen-bond acceptors (Lipinski definition) is 3. The average Bonchev–Trinajstić information content (AvgIpc) is 2.79. The van der Waals surface area contributed by atoms with Crippen LogP contribution in [-0.4, -0.2) is 6.71 Å². The lowest BCUT2D eigenvalue weighted by Crippen LogP contribution is -2.62. The molecule has 0 saturated heterocycles. The molecule has 4 aromatic carbocycles. The summed E-state index contributed by atoms with van der Waals surface area (Å²) in [5.41, 5.74) is 12.1. The molecule has 0 spiro atoms. The molecular formula is C28H22BNO2. The largest absolute Gasteiger partial charge is 0.458 e. The molecule has 3 nitrogen and oxygen atoms in total. The van der Waals surface area contributed by atoms with Crippen LogP contribution in [-0.2, 0) is 0 Å². The minimum Gasteiger partial charge on any atom is -0.458 e. The molecule has 0 N–H and O–H groups in total. The van der Waals surface area contributed by atoms with Gasteiger partial charge in [0.25, 0.3) is 6.71 Å². The van der Waals surface area contributed by atoms with Gasteiger partial charge >= 0.3 is 0 Å². The third-order valence-corrected chi connectivity index (χ3v) is 7.11. The Balaban J connectivity index is 1.70. The zero-order chi connectivity index (χ0) is 21.7. The third-order valence-electron chi connectivity index (χ3n) is 7.11. The van der Waals surface area contributed by atoms with Gasteiger partial charge in [-0.2, -0.15) is 0 Å². The van der Waals surface area contributed by atoms with E-state index < -0.39 is 0 Å². The number of hydrogen-bond donors (Lipinski definition) is 0. The summed E-state index contributed by atoms with van der Waals surface area (Å²) in [6.45, 7) is 8.85. The minimum absolute atomic E-state index is 0.107. The maximum Gasteiger partial charge on any atom is 0.266 e. The number of nitrogens with zero attached hydrogens (tertiary/aromatic N) is 1. The molecule has 0 aliphatic carbocycles. The summed E-state index contributed by atoms with van der Waals surface area (Å²) in [4.78, 5) is 2.42. The summed E-state index contributed by atoms with van der Waals surface area (Å²) in [6.07, 6.45) is 0. The Bertz CT molecular complexity index is 1390. The van der Waals surface area contributed by atoms with Crippen LogP contribution in [0.4, 0.5) is 17.1 Å². The molecule has 154 valence electrons. The van der Waals surface area contributed by atoms with Gasteiger partial charge in [0.2, 0.25) is 0 Å². The first-order valence-electron chi connectivity index (χ1n) is 11.2. The molecule has 0 unspecified atom stereocenters. The lowest BCUT2D eigenvalue weighted by atomic mass is 9.32. The van der Waals surface area contributed by atoms with E-state index in [0.29, 0.717) is 0 Å². The topological polar surface area (TPSA) is 21.7 Å². The molecule has 3 aliphatic rings. The van der Waals surface area contributed by atoms with Crippen LogP contribution < -0.4 is 30.8 Å². The van der Waals surface area contributed by atoms with Crippen molar-refractivity contribution < 1.29 is 9.47 Å². The van der Waals surface area contributed by atoms with E-state index >= 15 is 0 Å². The van der Waals surface area contributed by atoms with Gasteiger partial charge in [0.1, 0.15) is 23.0 Å². The summed E-state index contributed by atoms with van der Waals surface area (Å²) in [7, 11) is 0. The van der Waals surface area contributed by atoms with Crippen LogP contribution in [0.1, 0.15) is 22.3 Å². The number of ether oxygens (including phenoxy) is 2. The Labute approximate surface area is 188 Å². The number of rotatable bonds is 1. The predicted octanol–water partition coefficient (Wildman–Crippen LogP) is 5.43. The van der Waals surface area contributed by atoms with Crippen LogP contribution in [0.25, 0.3) is 0 Å². The highest BCUT2D eigenvalue weighted by molar-refractivity contribution is 7.00. The molecule has 4 heteroatoms. The Morgan fingerprint density at radius 3 is 1.66 bits per heavy atom. The van der Waals surface area contributed by atoms with E-state index in [1.807, 2.05) is 6.07 Å². The van der Waals surface area contributed by atoms with E-state index in [4.69, 9.17) is 9.47 Å². The molecule has 0 saturated carbocycles. The van der Waals surface area contributed by atoms with Crippen molar-refractivity contribution in [1.82, 2.24) is 0 Å². The van der Waals surface area contributed by atoms with Gasteiger partial charge in [-0.05, 0) is 85.1 Å². The monoisotopic (exact) mass is 415 g/mol. The van der Waals surface area contributed by atoms with E-state index in [0.717, 1.165) is 34.1 Å². The van der Waals surface area contributed by atoms with E-state index in [1.165, 1.54) is 44.6 Å². The smallest absolute Gasteiger partial charge is 0.266 e. The molecule has 0 fully saturated rings. The van der Waals surface area contributed by atoms with Gasteiger partial charge in [0.15, 0.2) is 0 Å². The van der Waals surface area contributed by atoms with Gasteiger partial charge in [0.05, 0.1) is 0 Å². The Morgan fingerprint density at radius 1 is 0.594 bits per heavy atom. The second-order valence-corrected chi connectivity index (χ2v) is 9.18. The highest BCUT2D eigenvalue weighted by atomic mass is 16.5. The standard InChI is InChI=1S/C28H22BNO2/c1-15-13-17(3)27-23-25(15)30(19-9-6-5-7-10-19)26-16(2)14-18(4)28-24(26)29(23)22-20(31-27)11-8-12-21(22)32-28/h5-14H,1-4H3. The van der Waals surface area contributed by atoms with E-state index in [2.05, 4.69) is 87.2 Å². The van der Waals surface area contributed by atoms with Crippen LogP contribution in [0.5, 0.6) is 23.0 Å². The maximum absolute atomic E-state index is 6.57. The van der Waals surface area contributed by atoms with Crippen LogP contribution in [0, 0.1) is 27.7 Å². The number of anilines is 3. The molecule has 3 aliphatic heterocycles. The Morgan fingerprint density at radius 2 is 1.12 bits per heavy atom. The molecule has 0 atom stereocenters. The number of benzene rings is 4. The average molecular weight is 415 g/mol. The van der Waals surface area contributed by atoms with Gasteiger partial charge in [-0.1, -0.05) is 36.4 Å². The van der Waals surface area contributed by atoms with E-state index in [-0.39, 0.29) is 6.71 Å². The van der Waals surface area contributed by atoms with Gasteiger partial charge in [-0.15, -0.1) is 0 Å². The van der Waals surface area contributed by atoms with Gasteiger partial charge in [-0.3, -0.25) is 0 Å². The summed E-state index contributed by atoms with van der Waals surface area (Å²) >= 11 is 0. The van der Waals surface area contributed by atoms with Crippen molar-refractivity contribution in [3.63, 3.8) is 0 Å². The second-order valence-electron chi connectivity index (χ2n) is 9.18. The quantitative estimate of drug-likeness (QED) is 0.334. The molecule has 4 aromatic rings. The van der Waals surface area contributed by atoms with E-state index in [9.17, 15) is 0 Å². The fourth-order valence-corrected chi connectivity index (χ4v) is 5.97. The fourth-order valence-electron chi connectivity index (χ4n) is 5.97. The van der Waals surface area contributed by atoms with Crippen LogP contribution in [0.15, 0.2) is 60.7 Å². The maximum atomic E-state index is 6.57.